The SMILES string of the molecule is Cc1cn(CCN)cn1. The lowest BCUT2D eigenvalue weighted by molar-refractivity contribution is 0.707. The molecule has 0 aromatic carbocycles. The van der Waals surface area contributed by atoms with Crippen LogP contribution in [-0.4, -0.2) is 16.1 Å². The van der Waals surface area contributed by atoms with E-state index in [0.29, 0.717) is 6.54 Å². The van der Waals surface area contributed by atoms with E-state index in [1.54, 1.807) is 6.33 Å². The maximum atomic E-state index is 5.32. The van der Waals surface area contributed by atoms with Crippen LogP contribution in [0.3, 0.4) is 0 Å². The van der Waals surface area contributed by atoms with Gasteiger partial charge in [-0.2, -0.15) is 0 Å². The van der Waals surface area contributed by atoms with Crippen molar-refractivity contribution in [3.63, 3.8) is 0 Å². The Bertz CT molecular complexity index is 180. The second-order valence-electron chi connectivity index (χ2n) is 2.04. The van der Waals surface area contributed by atoms with Crippen LogP contribution >= 0.6 is 0 Å². The molecule has 0 spiro atoms. The van der Waals surface area contributed by atoms with Crippen molar-refractivity contribution in [3.05, 3.63) is 18.2 Å². The normalized spacial score (nSPS) is 10.0. The summed E-state index contributed by atoms with van der Waals surface area (Å²) < 4.78 is 1.98. The molecule has 0 bridgehead atoms. The third-order valence-corrected chi connectivity index (χ3v) is 1.15. The molecule has 1 rings (SSSR count). The Balaban J connectivity index is 2.61. The van der Waals surface area contributed by atoms with Gasteiger partial charge < -0.3 is 10.3 Å². The maximum absolute atomic E-state index is 5.32. The topological polar surface area (TPSA) is 43.8 Å². The van der Waals surface area contributed by atoms with Crippen LogP contribution in [0.1, 0.15) is 5.69 Å². The maximum Gasteiger partial charge on any atom is 0.0949 e. The van der Waals surface area contributed by atoms with E-state index in [4.69, 9.17) is 5.73 Å². The van der Waals surface area contributed by atoms with Crippen LogP contribution < -0.4 is 5.73 Å². The molecule has 3 nitrogen and oxygen atoms in total. The van der Waals surface area contributed by atoms with Crippen molar-refractivity contribution in [1.29, 1.82) is 0 Å². The van der Waals surface area contributed by atoms with Crippen LogP contribution in [0.5, 0.6) is 0 Å². The summed E-state index contributed by atoms with van der Waals surface area (Å²) in [6.07, 6.45) is 3.77. The Kier molecular flexibility index (Phi) is 1.85. The minimum Gasteiger partial charge on any atom is -0.336 e. The highest BCUT2D eigenvalue weighted by atomic mass is 15.0. The molecule has 0 aliphatic rings. The minimum absolute atomic E-state index is 0.676. The summed E-state index contributed by atoms with van der Waals surface area (Å²) in [5.41, 5.74) is 6.37. The third kappa shape index (κ3) is 1.54. The Labute approximate surface area is 54.5 Å². The van der Waals surface area contributed by atoms with Crippen LogP contribution in [0.4, 0.5) is 0 Å². The second-order valence-corrected chi connectivity index (χ2v) is 2.04. The van der Waals surface area contributed by atoms with E-state index in [2.05, 4.69) is 4.98 Å². The predicted molar refractivity (Wildman–Crippen MR) is 36.0 cm³/mol. The molecule has 1 aromatic rings. The summed E-state index contributed by atoms with van der Waals surface area (Å²) >= 11 is 0. The first kappa shape index (κ1) is 6.29. The van der Waals surface area contributed by atoms with E-state index in [-0.39, 0.29) is 0 Å². The number of aromatic nitrogens is 2. The van der Waals surface area contributed by atoms with Crippen molar-refractivity contribution in [3.8, 4) is 0 Å². The van der Waals surface area contributed by atoms with Crippen LogP contribution in [0.2, 0.25) is 0 Å². The van der Waals surface area contributed by atoms with Crippen LogP contribution in [0, 0.1) is 6.92 Å². The molecular weight excluding hydrogens is 114 g/mol. The fraction of sp³-hybridized carbons (Fsp3) is 0.500. The number of hydrogen-bond donors (Lipinski definition) is 1. The lowest BCUT2D eigenvalue weighted by Gasteiger charge is -1.94. The van der Waals surface area contributed by atoms with Gasteiger partial charge in [-0.05, 0) is 6.92 Å². The van der Waals surface area contributed by atoms with Gasteiger partial charge in [-0.15, -0.1) is 0 Å². The van der Waals surface area contributed by atoms with Gasteiger partial charge in [0.2, 0.25) is 0 Å². The Morgan fingerprint density at radius 2 is 2.56 bits per heavy atom. The number of imidazole rings is 1. The minimum atomic E-state index is 0.676. The molecule has 0 unspecified atom stereocenters. The van der Waals surface area contributed by atoms with E-state index in [0.717, 1.165) is 12.2 Å². The molecule has 0 aliphatic carbocycles. The van der Waals surface area contributed by atoms with E-state index >= 15 is 0 Å². The molecule has 0 radical (unpaired) electrons. The molecule has 9 heavy (non-hydrogen) atoms. The largest absolute Gasteiger partial charge is 0.336 e. The summed E-state index contributed by atoms with van der Waals surface area (Å²) in [7, 11) is 0. The standard InChI is InChI=1S/C6H11N3/c1-6-4-9(3-2-7)5-8-6/h4-5H,2-3,7H2,1H3. The Morgan fingerprint density at radius 1 is 1.78 bits per heavy atom. The zero-order valence-electron chi connectivity index (χ0n) is 5.54. The number of aryl methyl sites for hydroxylation is 1. The molecule has 3 heteroatoms. The van der Waals surface area contributed by atoms with Crippen molar-refractivity contribution in [1.82, 2.24) is 9.55 Å². The number of nitrogens with two attached hydrogens (primary N) is 1. The van der Waals surface area contributed by atoms with Gasteiger partial charge in [-0.25, -0.2) is 4.98 Å². The number of rotatable bonds is 2. The molecule has 0 amide bonds. The van der Waals surface area contributed by atoms with E-state index in [1.165, 1.54) is 0 Å². The van der Waals surface area contributed by atoms with Gasteiger partial charge in [0.1, 0.15) is 0 Å². The Morgan fingerprint density at radius 3 is 3.00 bits per heavy atom. The van der Waals surface area contributed by atoms with Crippen LogP contribution in [0.25, 0.3) is 0 Å². The van der Waals surface area contributed by atoms with Gasteiger partial charge in [0.15, 0.2) is 0 Å². The van der Waals surface area contributed by atoms with Crippen LogP contribution in [0.15, 0.2) is 12.5 Å². The first-order valence-corrected chi connectivity index (χ1v) is 3.01. The van der Waals surface area contributed by atoms with Crippen molar-refractivity contribution in [2.45, 2.75) is 13.5 Å². The van der Waals surface area contributed by atoms with Gasteiger partial charge in [-0.1, -0.05) is 0 Å². The van der Waals surface area contributed by atoms with Gasteiger partial charge in [-0.3, -0.25) is 0 Å². The highest BCUT2D eigenvalue weighted by Gasteiger charge is 1.88. The molecule has 50 valence electrons. The van der Waals surface area contributed by atoms with Gasteiger partial charge in [0.25, 0.3) is 0 Å². The molecule has 0 fully saturated rings. The first-order chi connectivity index (χ1) is 4.33. The van der Waals surface area contributed by atoms with Crippen LogP contribution in [-0.2, 0) is 6.54 Å². The van der Waals surface area contributed by atoms with Gasteiger partial charge in [0, 0.05) is 19.3 Å². The summed E-state index contributed by atoms with van der Waals surface area (Å²) in [4.78, 5) is 4.04. The lowest BCUT2D eigenvalue weighted by atomic mass is 10.5. The fourth-order valence-corrected chi connectivity index (χ4v) is 0.743. The molecule has 1 aromatic heterocycles. The smallest absolute Gasteiger partial charge is 0.0949 e. The van der Waals surface area contributed by atoms with Gasteiger partial charge >= 0.3 is 0 Å². The van der Waals surface area contributed by atoms with Crippen molar-refractivity contribution >= 4 is 0 Å². The van der Waals surface area contributed by atoms with Crippen molar-refractivity contribution in [2.24, 2.45) is 5.73 Å². The summed E-state index contributed by atoms with van der Waals surface area (Å²) in [5, 5.41) is 0. The second kappa shape index (κ2) is 2.64. The highest BCUT2D eigenvalue weighted by molar-refractivity contribution is 4.91. The zero-order valence-corrected chi connectivity index (χ0v) is 5.54. The molecule has 1 heterocycles. The van der Waals surface area contributed by atoms with Crippen molar-refractivity contribution < 1.29 is 0 Å². The number of hydrogen-bond acceptors (Lipinski definition) is 2. The fourth-order valence-electron chi connectivity index (χ4n) is 0.743. The predicted octanol–water partition coefficient (Wildman–Crippen LogP) is 0.150. The molecular formula is C6H11N3. The Hall–Kier alpha value is -0.830. The summed E-state index contributed by atoms with van der Waals surface area (Å²) in [6, 6.07) is 0. The molecule has 0 saturated carbocycles. The number of nitrogens with zero attached hydrogens (tertiary/aromatic N) is 2. The van der Waals surface area contributed by atoms with E-state index in [9.17, 15) is 0 Å². The molecule has 0 atom stereocenters. The highest BCUT2D eigenvalue weighted by Crippen LogP contribution is 1.90. The lowest BCUT2D eigenvalue weighted by Crippen LogP contribution is -2.07. The van der Waals surface area contributed by atoms with Crippen molar-refractivity contribution in [2.75, 3.05) is 6.54 Å². The molecule has 0 aliphatic heterocycles. The zero-order chi connectivity index (χ0) is 6.69. The van der Waals surface area contributed by atoms with E-state index < -0.39 is 0 Å². The summed E-state index contributed by atoms with van der Waals surface area (Å²) in [5.74, 6) is 0. The monoisotopic (exact) mass is 125 g/mol. The summed E-state index contributed by atoms with van der Waals surface area (Å²) in [6.45, 7) is 3.50. The first-order valence-electron chi connectivity index (χ1n) is 3.01. The quantitative estimate of drug-likeness (QED) is 0.611. The molecule has 2 N–H and O–H groups in total. The average molecular weight is 125 g/mol. The molecule has 0 saturated heterocycles. The van der Waals surface area contributed by atoms with E-state index in [1.807, 2.05) is 17.7 Å². The average Bonchev–Trinajstić information content (AvgIpc) is 2.17. The van der Waals surface area contributed by atoms with Gasteiger partial charge in [0.05, 0.1) is 12.0 Å². The third-order valence-electron chi connectivity index (χ3n) is 1.15.